The lowest BCUT2D eigenvalue weighted by Gasteiger charge is -2.03. The predicted molar refractivity (Wildman–Crippen MR) is 96.5 cm³/mol. The molecule has 0 aliphatic rings. The molecule has 0 amide bonds. The van der Waals surface area contributed by atoms with Crippen LogP contribution in [0.25, 0.3) is 22.4 Å². The highest BCUT2D eigenvalue weighted by atomic mass is 35.5. The molecule has 134 valence electrons. The van der Waals surface area contributed by atoms with E-state index in [4.69, 9.17) is 16.0 Å². The second kappa shape index (κ2) is 6.61. The molecule has 0 saturated heterocycles. The van der Waals surface area contributed by atoms with Crippen molar-refractivity contribution in [2.75, 3.05) is 0 Å². The Hall–Kier alpha value is -3.59. The molecule has 9 nitrogen and oxygen atoms in total. The van der Waals surface area contributed by atoms with Gasteiger partial charge in [-0.25, -0.2) is 4.98 Å². The largest absolute Gasteiger partial charge is 0.419 e. The fourth-order valence-electron chi connectivity index (χ4n) is 2.58. The number of aromatic nitrogens is 4. The van der Waals surface area contributed by atoms with Crippen LogP contribution in [-0.2, 0) is 6.54 Å². The van der Waals surface area contributed by atoms with Gasteiger partial charge >= 0.3 is 0 Å². The molecule has 0 saturated carbocycles. The Kier molecular flexibility index (Phi) is 4.13. The molecule has 2 aromatic carbocycles. The molecule has 0 spiro atoms. The topological polar surface area (TPSA) is 117 Å². The van der Waals surface area contributed by atoms with Crippen LogP contribution in [0, 0.1) is 10.1 Å². The van der Waals surface area contributed by atoms with E-state index in [1.54, 1.807) is 24.3 Å². The van der Waals surface area contributed by atoms with Crippen molar-refractivity contribution >= 4 is 28.2 Å². The molecule has 0 fully saturated rings. The summed E-state index contributed by atoms with van der Waals surface area (Å²) in [6.45, 7) is -0.0259. The van der Waals surface area contributed by atoms with Crippen LogP contribution >= 0.6 is 11.6 Å². The number of hydrogen-bond acceptors (Lipinski definition) is 7. The van der Waals surface area contributed by atoms with Crippen molar-refractivity contribution in [2.24, 2.45) is 0 Å². The summed E-state index contributed by atoms with van der Waals surface area (Å²) in [4.78, 5) is 27.1. The lowest BCUT2D eigenvalue weighted by molar-refractivity contribution is -0.384. The highest BCUT2D eigenvalue weighted by Gasteiger charge is 2.14. The first-order valence-electron chi connectivity index (χ1n) is 7.74. The van der Waals surface area contributed by atoms with Gasteiger partial charge in [-0.05, 0) is 18.2 Å². The minimum absolute atomic E-state index is 0.0259. The highest BCUT2D eigenvalue weighted by Crippen LogP contribution is 2.26. The third kappa shape index (κ3) is 3.15. The summed E-state index contributed by atoms with van der Waals surface area (Å²) in [6.07, 6.45) is 1.33. The minimum Gasteiger partial charge on any atom is -0.419 e. The first kappa shape index (κ1) is 16.9. The Morgan fingerprint density at radius 1 is 1.19 bits per heavy atom. The first-order valence-corrected chi connectivity index (χ1v) is 8.11. The van der Waals surface area contributed by atoms with Gasteiger partial charge in [0.1, 0.15) is 6.54 Å². The van der Waals surface area contributed by atoms with Crippen LogP contribution in [0.2, 0.25) is 5.02 Å². The molecule has 27 heavy (non-hydrogen) atoms. The molecule has 4 rings (SSSR count). The van der Waals surface area contributed by atoms with Gasteiger partial charge in [-0.2, -0.15) is 0 Å². The molecule has 4 aromatic rings. The molecule has 2 heterocycles. The van der Waals surface area contributed by atoms with Gasteiger partial charge in [-0.1, -0.05) is 23.7 Å². The van der Waals surface area contributed by atoms with Gasteiger partial charge in [0, 0.05) is 12.1 Å². The summed E-state index contributed by atoms with van der Waals surface area (Å²) in [5.74, 6) is 0.409. The van der Waals surface area contributed by atoms with Crippen molar-refractivity contribution in [1.29, 1.82) is 0 Å². The molecule has 0 atom stereocenters. The molecule has 0 unspecified atom stereocenters. The molecular weight excluding hydrogens is 374 g/mol. The van der Waals surface area contributed by atoms with Crippen molar-refractivity contribution in [2.45, 2.75) is 6.54 Å². The van der Waals surface area contributed by atoms with Gasteiger partial charge < -0.3 is 4.42 Å². The molecule has 10 heteroatoms. The van der Waals surface area contributed by atoms with E-state index in [-0.39, 0.29) is 29.4 Å². The number of non-ortho nitro benzene ring substituents is 1. The molecule has 2 aromatic heterocycles. The Morgan fingerprint density at radius 2 is 2.00 bits per heavy atom. The number of nitrogens with zero attached hydrogens (tertiary/aromatic N) is 5. The normalized spacial score (nSPS) is 11.0. The van der Waals surface area contributed by atoms with Crippen LogP contribution in [0.4, 0.5) is 5.69 Å². The average molecular weight is 384 g/mol. The molecule has 0 aliphatic heterocycles. The van der Waals surface area contributed by atoms with Gasteiger partial charge in [0.15, 0.2) is 0 Å². The van der Waals surface area contributed by atoms with Crippen molar-refractivity contribution in [3.05, 3.63) is 80.2 Å². The lowest BCUT2D eigenvalue weighted by atomic mass is 10.2. The van der Waals surface area contributed by atoms with Crippen LogP contribution in [0.1, 0.15) is 5.89 Å². The Balaban J connectivity index is 1.70. The van der Waals surface area contributed by atoms with E-state index in [0.29, 0.717) is 16.1 Å². The summed E-state index contributed by atoms with van der Waals surface area (Å²) in [5.41, 5.74) is 0.320. The second-order valence-electron chi connectivity index (χ2n) is 5.62. The van der Waals surface area contributed by atoms with E-state index >= 15 is 0 Å². The Labute approximate surface area is 156 Å². The monoisotopic (exact) mass is 383 g/mol. The molecular formula is C17H10ClN5O4. The zero-order valence-electron chi connectivity index (χ0n) is 13.6. The standard InChI is InChI=1S/C17H10ClN5O4/c18-13-4-2-1-3-11(13)16-21-20-15(27-16)8-22-9-19-14-6-5-10(23(25)26)7-12(14)17(22)24/h1-7,9H,8H2. The van der Waals surface area contributed by atoms with Gasteiger partial charge in [-0.15, -0.1) is 10.2 Å². The third-order valence-corrected chi connectivity index (χ3v) is 4.22. The zero-order valence-corrected chi connectivity index (χ0v) is 14.3. The molecule has 0 radical (unpaired) electrons. The van der Waals surface area contributed by atoms with Crippen molar-refractivity contribution in [3.63, 3.8) is 0 Å². The van der Waals surface area contributed by atoms with Crippen molar-refractivity contribution in [3.8, 4) is 11.5 Å². The van der Waals surface area contributed by atoms with Gasteiger partial charge in [0.2, 0.25) is 11.8 Å². The van der Waals surface area contributed by atoms with Crippen molar-refractivity contribution < 1.29 is 9.34 Å². The Morgan fingerprint density at radius 3 is 2.78 bits per heavy atom. The van der Waals surface area contributed by atoms with Crippen LogP contribution in [0.5, 0.6) is 0 Å². The average Bonchev–Trinajstić information content (AvgIpc) is 3.12. The van der Waals surface area contributed by atoms with E-state index in [9.17, 15) is 14.9 Å². The smallest absolute Gasteiger partial charge is 0.270 e. The van der Waals surface area contributed by atoms with E-state index in [1.807, 2.05) is 0 Å². The number of halogens is 1. The van der Waals surface area contributed by atoms with Gasteiger partial charge in [0.25, 0.3) is 11.2 Å². The van der Waals surface area contributed by atoms with Crippen molar-refractivity contribution in [1.82, 2.24) is 19.7 Å². The minimum atomic E-state index is -0.565. The number of rotatable bonds is 4. The molecule has 0 bridgehead atoms. The summed E-state index contributed by atoms with van der Waals surface area (Å²) in [6, 6.07) is 10.9. The Bertz CT molecular complexity index is 1230. The first-order chi connectivity index (χ1) is 13.0. The lowest BCUT2D eigenvalue weighted by Crippen LogP contribution is -2.21. The highest BCUT2D eigenvalue weighted by molar-refractivity contribution is 6.33. The fraction of sp³-hybridized carbons (Fsp3) is 0.0588. The van der Waals surface area contributed by atoms with E-state index < -0.39 is 10.5 Å². The summed E-state index contributed by atoms with van der Waals surface area (Å²) in [5, 5.41) is 19.4. The zero-order chi connectivity index (χ0) is 19.0. The number of nitro groups is 1. The number of benzene rings is 2. The summed E-state index contributed by atoms with van der Waals surface area (Å²) >= 11 is 6.11. The maximum Gasteiger partial charge on any atom is 0.270 e. The van der Waals surface area contributed by atoms with E-state index in [0.717, 1.165) is 0 Å². The van der Waals surface area contributed by atoms with Crippen LogP contribution < -0.4 is 5.56 Å². The maximum absolute atomic E-state index is 12.6. The number of fused-ring (bicyclic) bond motifs is 1. The van der Waals surface area contributed by atoms with Crippen LogP contribution in [0.3, 0.4) is 0 Å². The van der Waals surface area contributed by atoms with Crippen LogP contribution in [-0.4, -0.2) is 24.7 Å². The summed E-state index contributed by atoms with van der Waals surface area (Å²) in [7, 11) is 0. The van der Waals surface area contributed by atoms with E-state index in [1.165, 1.54) is 29.1 Å². The fourth-order valence-corrected chi connectivity index (χ4v) is 2.80. The van der Waals surface area contributed by atoms with Crippen LogP contribution in [0.15, 0.2) is 58.0 Å². The third-order valence-electron chi connectivity index (χ3n) is 3.90. The number of hydrogen-bond donors (Lipinski definition) is 0. The SMILES string of the molecule is O=c1c2cc([N+](=O)[O-])ccc2ncn1Cc1nnc(-c2ccccc2Cl)o1. The van der Waals surface area contributed by atoms with E-state index in [2.05, 4.69) is 15.2 Å². The van der Waals surface area contributed by atoms with Gasteiger partial charge in [0.05, 0.1) is 32.7 Å². The number of nitro benzene ring substituents is 1. The molecule has 0 N–H and O–H groups in total. The maximum atomic E-state index is 12.6. The van der Waals surface area contributed by atoms with Gasteiger partial charge in [-0.3, -0.25) is 19.5 Å². The molecule has 0 aliphatic carbocycles. The predicted octanol–water partition coefficient (Wildman–Crippen LogP) is 3.06. The quantitative estimate of drug-likeness (QED) is 0.392. The summed E-state index contributed by atoms with van der Waals surface area (Å²) < 4.78 is 6.83. The second-order valence-corrected chi connectivity index (χ2v) is 6.02.